The van der Waals surface area contributed by atoms with Crippen molar-refractivity contribution in [2.45, 2.75) is 19.4 Å². The highest BCUT2D eigenvalue weighted by molar-refractivity contribution is 5.64. The summed E-state index contributed by atoms with van der Waals surface area (Å²) < 4.78 is 11.0. The molecule has 0 aromatic heterocycles. The molecule has 2 aromatic rings. The summed E-state index contributed by atoms with van der Waals surface area (Å²) in [5, 5.41) is 9.29. The number of ether oxygens (including phenoxy) is 2. The van der Waals surface area contributed by atoms with E-state index >= 15 is 0 Å². The Morgan fingerprint density at radius 1 is 0.900 bits per heavy atom. The van der Waals surface area contributed by atoms with E-state index in [1.54, 1.807) is 19.2 Å². The molecule has 0 fully saturated rings. The molecular weight excluding hydrogens is 252 g/mol. The Morgan fingerprint density at radius 2 is 1.40 bits per heavy atom. The van der Waals surface area contributed by atoms with Crippen LogP contribution in [0.15, 0.2) is 48.5 Å². The maximum absolute atomic E-state index is 9.29. The summed E-state index contributed by atoms with van der Waals surface area (Å²) in [4.78, 5) is 0. The predicted octanol–water partition coefficient (Wildman–Crippen LogP) is 3.86. The summed E-state index contributed by atoms with van der Waals surface area (Å²) >= 11 is 0. The highest BCUT2D eigenvalue weighted by Crippen LogP contribution is 2.24. The molecular formula is C17H20O3. The van der Waals surface area contributed by atoms with Crippen LogP contribution in [0.3, 0.4) is 0 Å². The second-order valence-corrected chi connectivity index (χ2v) is 5.32. The molecule has 3 heteroatoms. The van der Waals surface area contributed by atoms with Crippen LogP contribution in [0, 0.1) is 0 Å². The third kappa shape index (κ3) is 3.75. The quantitative estimate of drug-likeness (QED) is 0.898. The van der Waals surface area contributed by atoms with E-state index in [0.717, 1.165) is 16.9 Å². The minimum Gasteiger partial charge on any atom is -0.508 e. The molecule has 0 atom stereocenters. The molecule has 0 amide bonds. The van der Waals surface area contributed by atoms with Gasteiger partial charge in [-0.05, 0) is 49.2 Å². The van der Waals surface area contributed by atoms with E-state index in [-0.39, 0.29) is 11.4 Å². The van der Waals surface area contributed by atoms with Gasteiger partial charge in [0.1, 0.15) is 18.1 Å². The molecule has 0 spiro atoms. The zero-order valence-corrected chi connectivity index (χ0v) is 12.1. The average Bonchev–Trinajstić information content (AvgIpc) is 2.47. The molecule has 0 saturated heterocycles. The Morgan fingerprint density at radius 3 is 1.90 bits per heavy atom. The number of rotatable bonds is 5. The maximum atomic E-state index is 9.29. The van der Waals surface area contributed by atoms with Gasteiger partial charge in [-0.2, -0.15) is 0 Å². The average molecular weight is 272 g/mol. The fourth-order valence-corrected chi connectivity index (χ4v) is 1.71. The van der Waals surface area contributed by atoms with Crippen molar-refractivity contribution in [1.82, 2.24) is 0 Å². The van der Waals surface area contributed by atoms with Crippen molar-refractivity contribution in [3.8, 4) is 22.6 Å². The Balaban J connectivity index is 2.05. The Hall–Kier alpha value is -2.00. The zero-order valence-electron chi connectivity index (χ0n) is 12.1. The van der Waals surface area contributed by atoms with Crippen molar-refractivity contribution in [2.75, 3.05) is 13.7 Å². The van der Waals surface area contributed by atoms with Crippen LogP contribution in [0.1, 0.15) is 13.8 Å². The van der Waals surface area contributed by atoms with E-state index in [1.165, 1.54) is 0 Å². The van der Waals surface area contributed by atoms with Crippen LogP contribution in [0.4, 0.5) is 0 Å². The van der Waals surface area contributed by atoms with Crippen LogP contribution >= 0.6 is 0 Å². The van der Waals surface area contributed by atoms with Gasteiger partial charge < -0.3 is 14.6 Å². The van der Waals surface area contributed by atoms with Crippen molar-refractivity contribution >= 4 is 0 Å². The lowest BCUT2D eigenvalue weighted by Crippen LogP contribution is -2.30. The SMILES string of the molecule is COC(C)(C)COc1ccc(-c2ccc(O)cc2)cc1. The van der Waals surface area contributed by atoms with Gasteiger partial charge in [0.2, 0.25) is 0 Å². The molecule has 20 heavy (non-hydrogen) atoms. The third-order valence-electron chi connectivity index (χ3n) is 3.19. The van der Waals surface area contributed by atoms with Crippen molar-refractivity contribution in [3.63, 3.8) is 0 Å². The van der Waals surface area contributed by atoms with E-state index in [4.69, 9.17) is 9.47 Å². The topological polar surface area (TPSA) is 38.7 Å². The molecule has 2 rings (SSSR count). The van der Waals surface area contributed by atoms with Crippen LogP contribution in [-0.4, -0.2) is 24.4 Å². The number of hydrogen-bond acceptors (Lipinski definition) is 3. The Labute approximate surface area is 119 Å². The number of phenols is 1. The van der Waals surface area contributed by atoms with E-state index in [9.17, 15) is 5.11 Å². The second-order valence-electron chi connectivity index (χ2n) is 5.32. The van der Waals surface area contributed by atoms with Gasteiger partial charge in [-0.25, -0.2) is 0 Å². The molecule has 0 aliphatic rings. The molecule has 106 valence electrons. The number of hydrogen-bond donors (Lipinski definition) is 1. The fourth-order valence-electron chi connectivity index (χ4n) is 1.71. The standard InChI is InChI=1S/C17H20O3/c1-17(2,19-3)12-20-16-10-6-14(7-11-16)13-4-8-15(18)9-5-13/h4-11,18H,12H2,1-3H3. The normalized spacial score (nSPS) is 11.3. The molecule has 3 nitrogen and oxygen atoms in total. The first-order chi connectivity index (χ1) is 9.50. The smallest absolute Gasteiger partial charge is 0.119 e. The van der Waals surface area contributed by atoms with E-state index < -0.39 is 0 Å². The molecule has 0 heterocycles. The van der Waals surface area contributed by atoms with Crippen molar-refractivity contribution in [1.29, 1.82) is 0 Å². The molecule has 0 aliphatic carbocycles. The fraction of sp³-hybridized carbons (Fsp3) is 0.294. The van der Waals surface area contributed by atoms with Crippen LogP contribution < -0.4 is 4.74 Å². The first kappa shape index (κ1) is 14.4. The van der Waals surface area contributed by atoms with Gasteiger partial charge in [-0.15, -0.1) is 0 Å². The van der Waals surface area contributed by atoms with Crippen LogP contribution in [0.2, 0.25) is 0 Å². The highest BCUT2D eigenvalue weighted by atomic mass is 16.5. The van der Waals surface area contributed by atoms with Crippen molar-refractivity contribution in [2.24, 2.45) is 0 Å². The lowest BCUT2D eigenvalue weighted by molar-refractivity contribution is -0.0146. The maximum Gasteiger partial charge on any atom is 0.119 e. The third-order valence-corrected chi connectivity index (χ3v) is 3.19. The summed E-state index contributed by atoms with van der Waals surface area (Å²) in [5.41, 5.74) is 1.85. The lowest BCUT2D eigenvalue weighted by atomic mass is 10.1. The minimum absolute atomic E-state index is 0.274. The van der Waals surface area contributed by atoms with Gasteiger partial charge >= 0.3 is 0 Å². The Bertz CT molecular complexity index is 541. The molecule has 0 radical (unpaired) electrons. The van der Waals surface area contributed by atoms with Gasteiger partial charge in [-0.3, -0.25) is 0 Å². The largest absolute Gasteiger partial charge is 0.508 e. The number of phenolic OH excluding ortho intramolecular Hbond substituents is 1. The van der Waals surface area contributed by atoms with E-state index in [0.29, 0.717) is 6.61 Å². The number of aromatic hydroxyl groups is 1. The molecule has 0 unspecified atom stereocenters. The molecule has 1 N–H and O–H groups in total. The van der Waals surface area contributed by atoms with Gasteiger partial charge in [0.25, 0.3) is 0 Å². The molecule has 0 saturated carbocycles. The second kappa shape index (κ2) is 5.97. The van der Waals surface area contributed by atoms with E-state index in [2.05, 4.69) is 0 Å². The summed E-state index contributed by atoms with van der Waals surface area (Å²) in [7, 11) is 1.68. The van der Waals surface area contributed by atoms with Crippen LogP contribution in [0.25, 0.3) is 11.1 Å². The lowest BCUT2D eigenvalue weighted by Gasteiger charge is -2.22. The summed E-state index contributed by atoms with van der Waals surface area (Å²) in [6.45, 7) is 4.47. The molecule has 0 bridgehead atoms. The van der Waals surface area contributed by atoms with Crippen LogP contribution in [-0.2, 0) is 4.74 Å². The van der Waals surface area contributed by atoms with Gasteiger partial charge in [0.15, 0.2) is 0 Å². The summed E-state index contributed by atoms with van der Waals surface area (Å²) in [5.74, 6) is 1.09. The zero-order chi connectivity index (χ0) is 14.6. The first-order valence-electron chi connectivity index (χ1n) is 6.58. The summed E-state index contributed by atoms with van der Waals surface area (Å²) in [6.07, 6.45) is 0. The van der Waals surface area contributed by atoms with Gasteiger partial charge in [-0.1, -0.05) is 24.3 Å². The first-order valence-corrected chi connectivity index (χ1v) is 6.58. The van der Waals surface area contributed by atoms with Crippen LogP contribution in [0.5, 0.6) is 11.5 Å². The number of benzene rings is 2. The predicted molar refractivity (Wildman–Crippen MR) is 80.1 cm³/mol. The summed E-state index contributed by atoms with van der Waals surface area (Å²) in [6, 6.07) is 15.0. The number of methoxy groups -OCH3 is 1. The Kier molecular flexibility index (Phi) is 4.30. The van der Waals surface area contributed by atoms with E-state index in [1.807, 2.05) is 50.2 Å². The minimum atomic E-state index is -0.296. The highest BCUT2D eigenvalue weighted by Gasteiger charge is 2.17. The molecule has 2 aromatic carbocycles. The van der Waals surface area contributed by atoms with Crippen molar-refractivity contribution < 1.29 is 14.6 Å². The van der Waals surface area contributed by atoms with Crippen molar-refractivity contribution in [3.05, 3.63) is 48.5 Å². The van der Waals surface area contributed by atoms with Gasteiger partial charge in [0, 0.05) is 7.11 Å². The van der Waals surface area contributed by atoms with Gasteiger partial charge in [0.05, 0.1) is 5.60 Å². The molecule has 0 aliphatic heterocycles. The monoisotopic (exact) mass is 272 g/mol.